The van der Waals surface area contributed by atoms with Crippen LogP contribution in [0.2, 0.25) is 0 Å². The van der Waals surface area contributed by atoms with Gasteiger partial charge in [0, 0.05) is 0 Å². The number of hydrogen-bond donors (Lipinski definition) is 2. The Morgan fingerprint density at radius 1 is 1.06 bits per heavy atom. The fraction of sp³-hybridized carbons (Fsp3) is 1.00. The van der Waals surface area contributed by atoms with Gasteiger partial charge in [0.1, 0.15) is 0 Å². The number of aliphatic hydroxyl groups is 2. The monoisotopic (exact) mass is 232 g/mol. The molecule has 0 aromatic rings. The molecule has 2 N–H and O–H groups in total. The Morgan fingerprint density at radius 2 is 1.69 bits per heavy atom. The van der Waals surface area contributed by atoms with Crippen LogP contribution >= 0.6 is 0 Å². The van der Waals surface area contributed by atoms with E-state index in [1.807, 2.05) is 0 Å². The molecule has 98 valence electrons. The summed E-state index contributed by atoms with van der Waals surface area (Å²) < 4.78 is 5.25. The summed E-state index contributed by atoms with van der Waals surface area (Å²) in [5, 5.41) is 18.3. The molecule has 0 radical (unpaired) electrons. The van der Waals surface area contributed by atoms with E-state index in [1.54, 1.807) is 6.92 Å². The minimum absolute atomic E-state index is 0.0176. The van der Waals surface area contributed by atoms with Gasteiger partial charge in [0.05, 0.1) is 25.4 Å². The van der Waals surface area contributed by atoms with Crippen molar-refractivity contribution in [3.8, 4) is 0 Å². The lowest BCUT2D eigenvalue weighted by molar-refractivity contribution is -0.0259. The first-order chi connectivity index (χ1) is 7.70. The average molecular weight is 232 g/mol. The summed E-state index contributed by atoms with van der Waals surface area (Å²) in [6.07, 6.45) is 7.71. The second-order valence-electron chi connectivity index (χ2n) is 4.54. The molecule has 2 unspecified atom stereocenters. The Labute approximate surface area is 99.8 Å². The molecule has 0 aliphatic rings. The van der Waals surface area contributed by atoms with Crippen LogP contribution in [-0.4, -0.2) is 35.6 Å². The molecule has 0 heterocycles. The van der Waals surface area contributed by atoms with Crippen LogP contribution in [0, 0.1) is 0 Å². The largest absolute Gasteiger partial charge is 0.394 e. The quantitative estimate of drug-likeness (QED) is 0.538. The summed E-state index contributed by atoms with van der Waals surface area (Å²) in [5.41, 5.74) is 0. The lowest BCUT2D eigenvalue weighted by Crippen LogP contribution is -2.21. The minimum Gasteiger partial charge on any atom is -0.394 e. The van der Waals surface area contributed by atoms with E-state index in [2.05, 4.69) is 6.92 Å². The number of rotatable bonds is 11. The molecule has 0 aliphatic heterocycles. The maximum atomic E-state index is 9.59. The molecule has 0 aromatic carbocycles. The Kier molecular flexibility index (Phi) is 11.3. The fourth-order valence-electron chi connectivity index (χ4n) is 1.57. The molecule has 0 amide bonds. The zero-order valence-corrected chi connectivity index (χ0v) is 10.8. The molecule has 0 rings (SSSR count). The molecule has 0 aliphatic carbocycles. The third-order valence-electron chi connectivity index (χ3n) is 2.72. The van der Waals surface area contributed by atoms with Crippen LogP contribution in [-0.2, 0) is 4.74 Å². The third-order valence-corrected chi connectivity index (χ3v) is 2.72. The standard InChI is InChI=1S/C13H28O3/c1-3-4-5-6-7-8-9-13(15)11-16-12(2)10-14/h12-15H,3-11H2,1-2H3. The van der Waals surface area contributed by atoms with Gasteiger partial charge < -0.3 is 14.9 Å². The van der Waals surface area contributed by atoms with Gasteiger partial charge >= 0.3 is 0 Å². The van der Waals surface area contributed by atoms with Crippen LogP contribution in [0.1, 0.15) is 58.8 Å². The summed E-state index contributed by atoms with van der Waals surface area (Å²) in [5.74, 6) is 0. The Hall–Kier alpha value is -0.120. The van der Waals surface area contributed by atoms with E-state index in [0.29, 0.717) is 6.61 Å². The molecule has 3 heteroatoms. The summed E-state index contributed by atoms with van der Waals surface area (Å²) in [6.45, 7) is 4.38. The second-order valence-corrected chi connectivity index (χ2v) is 4.54. The van der Waals surface area contributed by atoms with Crippen molar-refractivity contribution in [2.24, 2.45) is 0 Å². The number of hydrogen-bond acceptors (Lipinski definition) is 3. The number of aliphatic hydroxyl groups excluding tert-OH is 2. The highest BCUT2D eigenvalue weighted by Crippen LogP contribution is 2.09. The summed E-state index contributed by atoms with van der Waals surface area (Å²) >= 11 is 0. The van der Waals surface area contributed by atoms with Crippen LogP contribution in [0.15, 0.2) is 0 Å². The lowest BCUT2D eigenvalue weighted by atomic mass is 10.1. The van der Waals surface area contributed by atoms with Crippen molar-refractivity contribution >= 4 is 0 Å². The molecule has 0 saturated heterocycles. The fourth-order valence-corrected chi connectivity index (χ4v) is 1.57. The van der Waals surface area contributed by atoms with Crippen molar-refractivity contribution in [2.45, 2.75) is 71.0 Å². The predicted molar refractivity (Wildman–Crippen MR) is 66.5 cm³/mol. The highest BCUT2D eigenvalue weighted by molar-refractivity contribution is 4.56. The average Bonchev–Trinajstić information content (AvgIpc) is 2.30. The molecule has 0 aromatic heterocycles. The van der Waals surface area contributed by atoms with Crippen LogP contribution in [0.4, 0.5) is 0 Å². The van der Waals surface area contributed by atoms with E-state index in [-0.39, 0.29) is 18.8 Å². The zero-order chi connectivity index (χ0) is 12.2. The maximum absolute atomic E-state index is 9.59. The van der Waals surface area contributed by atoms with Crippen molar-refractivity contribution in [1.82, 2.24) is 0 Å². The van der Waals surface area contributed by atoms with Gasteiger partial charge in [-0.05, 0) is 13.3 Å². The van der Waals surface area contributed by atoms with Gasteiger partial charge in [-0.3, -0.25) is 0 Å². The zero-order valence-electron chi connectivity index (χ0n) is 10.8. The molecule has 2 atom stereocenters. The van der Waals surface area contributed by atoms with Crippen molar-refractivity contribution in [3.05, 3.63) is 0 Å². The van der Waals surface area contributed by atoms with E-state index in [4.69, 9.17) is 9.84 Å². The van der Waals surface area contributed by atoms with Crippen molar-refractivity contribution in [3.63, 3.8) is 0 Å². The Balaban J connectivity index is 3.20. The van der Waals surface area contributed by atoms with Gasteiger partial charge in [0.25, 0.3) is 0 Å². The van der Waals surface area contributed by atoms with Crippen LogP contribution in [0.3, 0.4) is 0 Å². The first-order valence-electron chi connectivity index (χ1n) is 6.61. The Bertz CT molecular complexity index is 139. The lowest BCUT2D eigenvalue weighted by Gasteiger charge is -2.14. The predicted octanol–water partition coefficient (Wildman–Crippen LogP) is 2.50. The van der Waals surface area contributed by atoms with E-state index in [9.17, 15) is 5.11 Å². The SMILES string of the molecule is CCCCCCCCC(O)COC(C)CO. The van der Waals surface area contributed by atoms with E-state index >= 15 is 0 Å². The molecular formula is C13H28O3. The van der Waals surface area contributed by atoms with Crippen molar-refractivity contribution < 1.29 is 14.9 Å². The van der Waals surface area contributed by atoms with Crippen LogP contribution in [0.25, 0.3) is 0 Å². The second kappa shape index (κ2) is 11.4. The Morgan fingerprint density at radius 3 is 2.31 bits per heavy atom. The van der Waals surface area contributed by atoms with Crippen LogP contribution < -0.4 is 0 Å². The van der Waals surface area contributed by atoms with E-state index in [0.717, 1.165) is 12.8 Å². The molecule has 16 heavy (non-hydrogen) atoms. The molecule has 3 nitrogen and oxygen atoms in total. The van der Waals surface area contributed by atoms with E-state index in [1.165, 1.54) is 32.1 Å². The molecule has 0 fully saturated rings. The summed E-state index contributed by atoms with van der Waals surface area (Å²) in [7, 11) is 0. The highest BCUT2D eigenvalue weighted by Gasteiger charge is 2.06. The first-order valence-corrected chi connectivity index (χ1v) is 6.61. The topological polar surface area (TPSA) is 49.7 Å². The van der Waals surface area contributed by atoms with Crippen molar-refractivity contribution in [1.29, 1.82) is 0 Å². The van der Waals surface area contributed by atoms with Gasteiger partial charge in [0.2, 0.25) is 0 Å². The third kappa shape index (κ3) is 10.4. The molecular weight excluding hydrogens is 204 g/mol. The first kappa shape index (κ1) is 15.9. The maximum Gasteiger partial charge on any atom is 0.0779 e. The van der Waals surface area contributed by atoms with Gasteiger partial charge in [-0.2, -0.15) is 0 Å². The molecule has 0 saturated carbocycles. The minimum atomic E-state index is -0.375. The molecule has 0 bridgehead atoms. The number of ether oxygens (including phenoxy) is 1. The normalized spacial score (nSPS) is 15.0. The highest BCUT2D eigenvalue weighted by atomic mass is 16.5. The van der Waals surface area contributed by atoms with E-state index < -0.39 is 0 Å². The van der Waals surface area contributed by atoms with Gasteiger partial charge in [-0.1, -0.05) is 45.4 Å². The summed E-state index contributed by atoms with van der Waals surface area (Å²) in [4.78, 5) is 0. The van der Waals surface area contributed by atoms with Gasteiger partial charge in [0.15, 0.2) is 0 Å². The smallest absolute Gasteiger partial charge is 0.0779 e. The van der Waals surface area contributed by atoms with Crippen molar-refractivity contribution in [2.75, 3.05) is 13.2 Å². The van der Waals surface area contributed by atoms with Crippen LogP contribution in [0.5, 0.6) is 0 Å². The number of unbranched alkanes of at least 4 members (excludes halogenated alkanes) is 5. The molecule has 0 spiro atoms. The van der Waals surface area contributed by atoms with Gasteiger partial charge in [-0.25, -0.2) is 0 Å². The van der Waals surface area contributed by atoms with Gasteiger partial charge in [-0.15, -0.1) is 0 Å². The summed E-state index contributed by atoms with van der Waals surface area (Å²) in [6, 6.07) is 0.